The number of aryl methyl sites for hydroxylation is 2. The van der Waals surface area contributed by atoms with Crippen molar-refractivity contribution in [3.05, 3.63) is 48.4 Å². The third-order valence-electron chi connectivity index (χ3n) is 4.62. The zero-order valence-electron chi connectivity index (χ0n) is 15.1. The lowest BCUT2D eigenvalue weighted by Crippen LogP contribution is -2.05. The van der Waals surface area contributed by atoms with E-state index in [4.69, 9.17) is 9.47 Å². The fraction of sp³-hybridized carbons (Fsp3) is 0.368. The summed E-state index contributed by atoms with van der Waals surface area (Å²) in [6, 6.07) is 3.98. The van der Waals surface area contributed by atoms with Crippen molar-refractivity contribution >= 4 is 0 Å². The Kier molecular flexibility index (Phi) is 4.28. The van der Waals surface area contributed by atoms with Crippen LogP contribution in [-0.2, 0) is 7.05 Å². The fourth-order valence-electron chi connectivity index (χ4n) is 3.03. The van der Waals surface area contributed by atoms with Crippen LogP contribution in [-0.4, -0.2) is 38.4 Å². The Morgan fingerprint density at radius 2 is 2.08 bits per heavy atom. The van der Waals surface area contributed by atoms with E-state index in [0.29, 0.717) is 30.1 Å². The van der Waals surface area contributed by atoms with Crippen LogP contribution in [0.25, 0.3) is 11.1 Å². The Morgan fingerprint density at radius 3 is 2.77 bits per heavy atom. The second kappa shape index (κ2) is 6.74. The summed E-state index contributed by atoms with van der Waals surface area (Å²) in [4.78, 5) is 13.3. The van der Waals surface area contributed by atoms with Crippen molar-refractivity contribution in [2.24, 2.45) is 13.0 Å². The predicted molar refractivity (Wildman–Crippen MR) is 96.1 cm³/mol. The molecular weight excluding hydrogens is 330 g/mol. The Labute approximate surface area is 152 Å². The number of rotatable bonds is 6. The molecule has 0 aromatic carbocycles. The first kappa shape index (κ1) is 16.5. The van der Waals surface area contributed by atoms with E-state index in [-0.39, 0.29) is 0 Å². The van der Waals surface area contributed by atoms with Crippen LogP contribution >= 0.6 is 0 Å². The molecule has 0 saturated heterocycles. The lowest BCUT2D eigenvalue weighted by molar-refractivity contribution is 0.285. The summed E-state index contributed by atoms with van der Waals surface area (Å²) >= 11 is 0. The third-order valence-corrected chi connectivity index (χ3v) is 4.62. The molecule has 0 radical (unpaired) electrons. The molecule has 4 rings (SSSR count). The molecule has 1 aliphatic rings. The molecule has 1 saturated carbocycles. The van der Waals surface area contributed by atoms with Crippen LogP contribution in [0.2, 0.25) is 0 Å². The van der Waals surface area contributed by atoms with E-state index in [9.17, 15) is 0 Å². The van der Waals surface area contributed by atoms with Gasteiger partial charge in [0.2, 0.25) is 5.88 Å². The van der Waals surface area contributed by atoms with Crippen LogP contribution in [0.15, 0.2) is 36.9 Å². The topological polar surface area (TPSA) is 75.0 Å². The number of pyridine rings is 1. The Bertz CT molecular complexity index is 907. The summed E-state index contributed by atoms with van der Waals surface area (Å²) < 4.78 is 13.0. The first-order valence-electron chi connectivity index (χ1n) is 8.59. The molecule has 3 aromatic rings. The van der Waals surface area contributed by atoms with Crippen LogP contribution < -0.4 is 9.47 Å². The molecule has 3 heterocycles. The second-order valence-corrected chi connectivity index (χ2v) is 6.57. The van der Waals surface area contributed by atoms with Gasteiger partial charge < -0.3 is 9.47 Å². The highest BCUT2D eigenvalue weighted by molar-refractivity contribution is 5.66. The molecule has 7 heteroatoms. The van der Waals surface area contributed by atoms with Gasteiger partial charge in [-0.25, -0.2) is 4.98 Å². The van der Waals surface area contributed by atoms with Gasteiger partial charge in [0.05, 0.1) is 31.7 Å². The average molecular weight is 351 g/mol. The number of aromatic nitrogens is 5. The molecule has 1 fully saturated rings. The maximum Gasteiger partial charge on any atom is 0.224 e. The molecule has 1 unspecified atom stereocenters. The van der Waals surface area contributed by atoms with Gasteiger partial charge in [0.25, 0.3) is 0 Å². The van der Waals surface area contributed by atoms with Crippen molar-refractivity contribution in [1.82, 2.24) is 24.7 Å². The average Bonchev–Trinajstić information content (AvgIpc) is 3.31. The minimum Gasteiger partial charge on any atom is -0.495 e. The third kappa shape index (κ3) is 3.37. The summed E-state index contributed by atoms with van der Waals surface area (Å²) in [6.07, 6.45) is 8.36. The number of methoxy groups -OCH3 is 1. The maximum atomic E-state index is 6.06. The molecule has 0 spiro atoms. The van der Waals surface area contributed by atoms with E-state index < -0.39 is 0 Å². The highest BCUT2D eigenvalue weighted by Crippen LogP contribution is 2.47. The van der Waals surface area contributed by atoms with Gasteiger partial charge in [-0.15, -0.1) is 0 Å². The van der Waals surface area contributed by atoms with Crippen LogP contribution in [0.4, 0.5) is 0 Å². The zero-order valence-corrected chi connectivity index (χ0v) is 15.1. The number of nitrogens with zero attached hydrogens (tertiary/aromatic N) is 5. The highest BCUT2D eigenvalue weighted by atomic mass is 16.5. The summed E-state index contributed by atoms with van der Waals surface area (Å²) in [6.45, 7) is 2.48. The monoisotopic (exact) mass is 351 g/mol. The van der Waals surface area contributed by atoms with Gasteiger partial charge >= 0.3 is 0 Å². The standard InChI is InChI=1S/C19H21N5O2/c1-12-20-9-17(14-7-22-24(2)10-14)19(23-12)26-11-13-6-16(13)18-5-4-15(25-3)8-21-18/h4-5,7-10,13,16H,6,11H2,1-3H3/t13-,16?/m1/s1. The van der Waals surface area contributed by atoms with E-state index in [2.05, 4.69) is 20.1 Å². The zero-order chi connectivity index (χ0) is 18.1. The van der Waals surface area contributed by atoms with Gasteiger partial charge in [-0.2, -0.15) is 10.1 Å². The van der Waals surface area contributed by atoms with E-state index in [1.807, 2.05) is 32.3 Å². The molecule has 26 heavy (non-hydrogen) atoms. The summed E-state index contributed by atoms with van der Waals surface area (Å²) in [7, 11) is 3.53. The van der Waals surface area contributed by atoms with E-state index >= 15 is 0 Å². The first-order chi connectivity index (χ1) is 12.6. The van der Waals surface area contributed by atoms with Crippen LogP contribution in [0.3, 0.4) is 0 Å². The molecular formula is C19H21N5O2. The molecule has 3 aromatic heterocycles. The second-order valence-electron chi connectivity index (χ2n) is 6.57. The number of hydrogen-bond donors (Lipinski definition) is 0. The SMILES string of the molecule is COc1ccc(C2C[C@@H]2COc2nc(C)ncc2-c2cnn(C)c2)nc1. The lowest BCUT2D eigenvalue weighted by atomic mass is 10.2. The normalized spacial score (nSPS) is 18.6. The molecule has 1 aliphatic carbocycles. The van der Waals surface area contributed by atoms with Crippen LogP contribution in [0.1, 0.15) is 23.9 Å². The van der Waals surface area contributed by atoms with Crippen molar-refractivity contribution in [2.45, 2.75) is 19.3 Å². The smallest absolute Gasteiger partial charge is 0.224 e. The Hall–Kier alpha value is -2.96. The summed E-state index contributed by atoms with van der Waals surface area (Å²) in [5.41, 5.74) is 2.90. The lowest BCUT2D eigenvalue weighted by Gasteiger charge is -2.09. The summed E-state index contributed by atoms with van der Waals surface area (Å²) in [5.74, 6) is 2.97. The maximum absolute atomic E-state index is 6.06. The van der Waals surface area contributed by atoms with Crippen LogP contribution in [0, 0.1) is 12.8 Å². The van der Waals surface area contributed by atoms with Gasteiger partial charge in [-0.3, -0.25) is 9.67 Å². The van der Waals surface area contributed by atoms with Crippen molar-refractivity contribution in [3.8, 4) is 22.8 Å². The van der Waals surface area contributed by atoms with Gasteiger partial charge in [-0.05, 0) is 25.5 Å². The van der Waals surface area contributed by atoms with E-state index in [1.54, 1.807) is 30.4 Å². The van der Waals surface area contributed by atoms with E-state index in [1.165, 1.54) is 0 Å². The summed E-state index contributed by atoms with van der Waals surface area (Å²) in [5, 5.41) is 4.22. The van der Waals surface area contributed by atoms with Crippen molar-refractivity contribution in [2.75, 3.05) is 13.7 Å². The predicted octanol–water partition coefficient (Wildman–Crippen LogP) is 2.77. The Balaban J connectivity index is 1.44. The van der Waals surface area contributed by atoms with Crippen molar-refractivity contribution < 1.29 is 9.47 Å². The molecule has 134 valence electrons. The molecule has 0 N–H and O–H groups in total. The molecule has 7 nitrogen and oxygen atoms in total. The van der Waals surface area contributed by atoms with Gasteiger partial charge in [0.1, 0.15) is 11.6 Å². The first-order valence-corrected chi connectivity index (χ1v) is 8.59. The fourth-order valence-corrected chi connectivity index (χ4v) is 3.03. The van der Waals surface area contributed by atoms with Gasteiger partial charge in [0, 0.05) is 42.5 Å². The highest BCUT2D eigenvalue weighted by Gasteiger charge is 2.40. The molecule has 0 amide bonds. The minimum absolute atomic E-state index is 0.436. The van der Waals surface area contributed by atoms with E-state index in [0.717, 1.165) is 29.0 Å². The van der Waals surface area contributed by atoms with Crippen molar-refractivity contribution in [3.63, 3.8) is 0 Å². The molecule has 0 bridgehead atoms. The molecule has 0 aliphatic heterocycles. The number of hydrogen-bond acceptors (Lipinski definition) is 6. The van der Waals surface area contributed by atoms with Crippen molar-refractivity contribution in [1.29, 1.82) is 0 Å². The van der Waals surface area contributed by atoms with Crippen LogP contribution in [0.5, 0.6) is 11.6 Å². The minimum atomic E-state index is 0.436. The molecule has 2 atom stereocenters. The Morgan fingerprint density at radius 1 is 1.19 bits per heavy atom. The quantitative estimate of drug-likeness (QED) is 0.680. The van der Waals surface area contributed by atoms with Gasteiger partial charge in [-0.1, -0.05) is 0 Å². The largest absolute Gasteiger partial charge is 0.495 e. The number of ether oxygens (including phenoxy) is 2. The van der Waals surface area contributed by atoms with Gasteiger partial charge in [0.15, 0.2) is 0 Å².